The molecule has 1 aliphatic heterocycles. The van der Waals surface area contributed by atoms with Crippen molar-refractivity contribution >= 4 is 44.3 Å². The topological polar surface area (TPSA) is 65.2 Å². The van der Waals surface area contributed by atoms with Crippen LogP contribution in [0.25, 0.3) is 10.9 Å². The zero-order chi connectivity index (χ0) is 20.5. The number of hydrogen-bond donors (Lipinski definition) is 2. The van der Waals surface area contributed by atoms with Crippen molar-refractivity contribution in [2.24, 2.45) is 5.92 Å². The Bertz CT molecular complexity index is 1090. The maximum atomic E-state index is 12.6. The monoisotopic (exact) mass is 453 g/mol. The van der Waals surface area contributed by atoms with Crippen molar-refractivity contribution < 1.29 is 9.59 Å². The predicted octanol–water partition coefficient (Wildman–Crippen LogP) is 4.58. The van der Waals surface area contributed by atoms with Crippen LogP contribution < -0.4 is 5.32 Å². The number of halogens is 1. The molecule has 0 radical (unpaired) electrons. The number of nitrogens with one attached hydrogen (secondary N) is 2. The van der Waals surface area contributed by atoms with E-state index in [0.29, 0.717) is 13.1 Å². The van der Waals surface area contributed by atoms with Gasteiger partial charge in [0.05, 0.1) is 5.92 Å². The van der Waals surface area contributed by atoms with Gasteiger partial charge in [0, 0.05) is 46.8 Å². The smallest absolute Gasteiger partial charge is 0.229 e. The van der Waals surface area contributed by atoms with Crippen molar-refractivity contribution in [1.82, 2.24) is 9.88 Å². The summed E-state index contributed by atoms with van der Waals surface area (Å²) in [6, 6.07) is 12.0. The molecule has 2 heterocycles. The molecule has 1 fully saturated rings. The number of nitrogens with zero attached hydrogens (tertiary/aromatic N) is 1. The minimum absolute atomic E-state index is 0.0492. The van der Waals surface area contributed by atoms with Crippen LogP contribution in [0.5, 0.6) is 0 Å². The molecule has 0 unspecified atom stereocenters. The fourth-order valence-electron chi connectivity index (χ4n) is 3.89. The SMILES string of the molecule is Cc1ccc2[nH]cc(CCN3C[C@@H](C(=O)Nc4ccc(Br)c(C)c4)CC3=O)c2c1. The number of aromatic amines is 1. The number of aromatic nitrogens is 1. The van der Waals surface area contributed by atoms with Crippen molar-refractivity contribution in [1.29, 1.82) is 0 Å². The Labute approximate surface area is 178 Å². The van der Waals surface area contributed by atoms with Gasteiger partial charge in [-0.2, -0.15) is 0 Å². The number of H-pyrrole nitrogens is 1. The molecule has 0 bridgehead atoms. The third kappa shape index (κ3) is 4.22. The summed E-state index contributed by atoms with van der Waals surface area (Å²) >= 11 is 3.46. The van der Waals surface area contributed by atoms with Gasteiger partial charge >= 0.3 is 0 Å². The molecule has 1 aliphatic rings. The van der Waals surface area contributed by atoms with E-state index in [-0.39, 0.29) is 24.2 Å². The lowest BCUT2D eigenvalue weighted by atomic mass is 10.1. The normalized spacial score (nSPS) is 16.6. The second-order valence-electron chi connectivity index (χ2n) is 7.81. The predicted molar refractivity (Wildman–Crippen MR) is 119 cm³/mol. The lowest BCUT2D eigenvalue weighted by Gasteiger charge is -2.16. The van der Waals surface area contributed by atoms with Gasteiger partial charge in [-0.1, -0.05) is 27.6 Å². The molecular formula is C23H24BrN3O2. The Morgan fingerprint density at radius 2 is 2.07 bits per heavy atom. The summed E-state index contributed by atoms with van der Waals surface area (Å²) in [6.07, 6.45) is 3.06. The van der Waals surface area contributed by atoms with Crippen molar-refractivity contribution in [3.63, 3.8) is 0 Å². The van der Waals surface area contributed by atoms with Gasteiger partial charge in [0.15, 0.2) is 0 Å². The standard InChI is InChI=1S/C23H24BrN3O2/c1-14-3-6-21-19(9-14)16(12-25-21)7-8-27-13-17(11-22(27)28)23(29)26-18-4-5-20(24)15(2)10-18/h3-6,9-10,12,17,25H,7-8,11,13H2,1-2H3,(H,26,29)/t17-/m0/s1. The van der Waals surface area contributed by atoms with E-state index in [2.05, 4.69) is 51.4 Å². The van der Waals surface area contributed by atoms with E-state index < -0.39 is 0 Å². The number of likely N-dealkylation sites (tertiary alicyclic amines) is 1. The Morgan fingerprint density at radius 1 is 1.24 bits per heavy atom. The average Bonchev–Trinajstić information content (AvgIpc) is 3.26. The van der Waals surface area contributed by atoms with E-state index in [1.807, 2.05) is 36.2 Å². The Kier molecular flexibility index (Phi) is 5.46. The Hall–Kier alpha value is -2.60. The highest BCUT2D eigenvalue weighted by Gasteiger charge is 2.34. The number of carbonyl (C=O) groups excluding carboxylic acids is 2. The molecule has 0 aliphatic carbocycles. The van der Waals surface area contributed by atoms with Crippen molar-refractivity contribution in [2.75, 3.05) is 18.4 Å². The first-order valence-corrected chi connectivity index (χ1v) is 10.6. The molecule has 3 aromatic rings. The highest BCUT2D eigenvalue weighted by Crippen LogP contribution is 2.25. The molecule has 0 saturated carbocycles. The summed E-state index contributed by atoms with van der Waals surface area (Å²) in [5.41, 5.74) is 5.35. The van der Waals surface area contributed by atoms with Crippen LogP contribution in [0.1, 0.15) is 23.1 Å². The fraction of sp³-hybridized carbons (Fsp3) is 0.304. The quantitative estimate of drug-likeness (QED) is 0.593. The molecule has 0 spiro atoms. The maximum absolute atomic E-state index is 12.6. The number of amides is 2. The van der Waals surface area contributed by atoms with Gasteiger partial charge in [-0.05, 0) is 61.7 Å². The summed E-state index contributed by atoms with van der Waals surface area (Å²) in [5.74, 6) is -0.352. The highest BCUT2D eigenvalue weighted by atomic mass is 79.9. The van der Waals surface area contributed by atoms with E-state index in [4.69, 9.17) is 0 Å². The minimum atomic E-state index is -0.309. The zero-order valence-corrected chi connectivity index (χ0v) is 18.2. The van der Waals surface area contributed by atoms with Crippen LogP contribution in [-0.2, 0) is 16.0 Å². The number of benzene rings is 2. The van der Waals surface area contributed by atoms with Crippen molar-refractivity contribution in [3.8, 4) is 0 Å². The first-order valence-electron chi connectivity index (χ1n) is 9.82. The minimum Gasteiger partial charge on any atom is -0.361 e. The highest BCUT2D eigenvalue weighted by molar-refractivity contribution is 9.10. The van der Waals surface area contributed by atoms with Crippen molar-refractivity contribution in [3.05, 3.63) is 63.8 Å². The fourth-order valence-corrected chi connectivity index (χ4v) is 4.13. The number of carbonyl (C=O) groups is 2. The second-order valence-corrected chi connectivity index (χ2v) is 8.66. The van der Waals surface area contributed by atoms with Gasteiger partial charge in [-0.15, -0.1) is 0 Å². The first kappa shape index (κ1) is 19.7. The van der Waals surface area contributed by atoms with Crippen LogP contribution in [0, 0.1) is 19.8 Å². The van der Waals surface area contributed by atoms with E-state index in [0.717, 1.165) is 27.7 Å². The number of aryl methyl sites for hydroxylation is 2. The Balaban J connectivity index is 1.37. The van der Waals surface area contributed by atoms with Crippen LogP contribution in [0.2, 0.25) is 0 Å². The molecule has 1 aromatic heterocycles. The average molecular weight is 454 g/mol. The van der Waals surface area contributed by atoms with Gasteiger partial charge in [0.2, 0.25) is 11.8 Å². The largest absolute Gasteiger partial charge is 0.361 e. The third-order valence-electron chi connectivity index (χ3n) is 5.58. The molecule has 4 rings (SSSR count). The molecule has 1 atom stereocenters. The van der Waals surface area contributed by atoms with Crippen LogP contribution >= 0.6 is 15.9 Å². The van der Waals surface area contributed by atoms with E-state index in [1.165, 1.54) is 16.5 Å². The molecule has 1 saturated heterocycles. The summed E-state index contributed by atoms with van der Waals surface area (Å²) in [7, 11) is 0. The number of anilines is 1. The molecule has 2 amide bonds. The van der Waals surface area contributed by atoms with Gasteiger partial charge in [-0.3, -0.25) is 9.59 Å². The number of hydrogen-bond acceptors (Lipinski definition) is 2. The third-order valence-corrected chi connectivity index (χ3v) is 6.47. The molecule has 2 N–H and O–H groups in total. The first-order chi connectivity index (χ1) is 13.9. The molecule has 2 aromatic carbocycles. The van der Waals surface area contributed by atoms with E-state index in [1.54, 1.807) is 0 Å². The van der Waals surface area contributed by atoms with Crippen molar-refractivity contribution in [2.45, 2.75) is 26.7 Å². The van der Waals surface area contributed by atoms with Gasteiger partial charge in [-0.25, -0.2) is 0 Å². The summed E-state index contributed by atoms with van der Waals surface area (Å²) < 4.78 is 1.00. The Morgan fingerprint density at radius 3 is 2.86 bits per heavy atom. The molecule has 29 heavy (non-hydrogen) atoms. The molecule has 6 heteroatoms. The van der Waals surface area contributed by atoms with E-state index in [9.17, 15) is 9.59 Å². The van der Waals surface area contributed by atoms with Gasteiger partial charge in [0.25, 0.3) is 0 Å². The van der Waals surface area contributed by atoms with E-state index >= 15 is 0 Å². The lowest BCUT2D eigenvalue weighted by Crippen LogP contribution is -2.30. The summed E-state index contributed by atoms with van der Waals surface area (Å²) in [5, 5.41) is 4.15. The van der Waals surface area contributed by atoms with Crippen LogP contribution in [0.4, 0.5) is 5.69 Å². The summed E-state index contributed by atoms with van der Waals surface area (Å²) in [6.45, 7) is 5.16. The number of rotatable bonds is 5. The number of fused-ring (bicyclic) bond motifs is 1. The maximum Gasteiger partial charge on any atom is 0.229 e. The zero-order valence-electron chi connectivity index (χ0n) is 16.6. The van der Waals surface area contributed by atoms with Crippen LogP contribution in [-0.4, -0.2) is 34.8 Å². The molecular weight excluding hydrogens is 430 g/mol. The van der Waals surface area contributed by atoms with Crippen LogP contribution in [0.3, 0.4) is 0 Å². The summed E-state index contributed by atoms with van der Waals surface area (Å²) in [4.78, 5) is 30.2. The lowest BCUT2D eigenvalue weighted by molar-refractivity contribution is -0.128. The van der Waals surface area contributed by atoms with Gasteiger partial charge in [0.1, 0.15) is 0 Å². The second kappa shape index (κ2) is 8.03. The molecule has 150 valence electrons. The van der Waals surface area contributed by atoms with Crippen LogP contribution in [0.15, 0.2) is 47.1 Å². The molecule has 5 nitrogen and oxygen atoms in total. The van der Waals surface area contributed by atoms with Gasteiger partial charge < -0.3 is 15.2 Å².